The Labute approximate surface area is 125 Å². The number of fused-ring (bicyclic) bond motifs is 2. The second-order valence-electron chi connectivity index (χ2n) is 6.35. The summed E-state index contributed by atoms with van der Waals surface area (Å²) in [6.07, 6.45) is 2.65. The average molecular weight is 286 g/mol. The second-order valence-corrected chi connectivity index (χ2v) is 6.35. The molecular weight excluding hydrogens is 264 g/mol. The predicted octanol–water partition coefficient (Wildman–Crippen LogP) is 2.68. The summed E-state index contributed by atoms with van der Waals surface area (Å²) in [5.74, 6) is 0.628. The van der Waals surface area contributed by atoms with E-state index in [9.17, 15) is 9.59 Å². The minimum Gasteiger partial charge on any atom is -0.327 e. The van der Waals surface area contributed by atoms with Crippen LogP contribution in [-0.2, 0) is 4.79 Å². The van der Waals surface area contributed by atoms with Crippen LogP contribution < -0.4 is 4.90 Å². The van der Waals surface area contributed by atoms with Crippen molar-refractivity contribution >= 4 is 17.5 Å². The number of rotatable bonds is 3. The van der Waals surface area contributed by atoms with Gasteiger partial charge >= 0.3 is 0 Å². The van der Waals surface area contributed by atoms with Gasteiger partial charge in [-0.25, -0.2) is 0 Å². The van der Waals surface area contributed by atoms with Crippen LogP contribution in [0.3, 0.4) is 0 Å². The Bertz CT molecular complexity index is 568. The lowest BCUT2D eigenvalue weighted by molar-refractivity contribution is -0.122. The number of hydrogen-bond acceptors (Lipinski definition) is 2. The summed E-state index contributed by atoms with van der Waals surface area (Å²) in [4.78, 5) is 29.2. The molecule has 2 heterocycles. The molecule has 1 saturated heterocycles. The Balaban J connectivity index is 2.02. The van der Waals surface area contributed by atoms with Crippen LogP contribution in [0.25, 0.3) is 0 Å². The van der Waals surface area contributed by atoms with Gasteiger partial charge in [-0.1, -0.05) is 26.0 Å². The third-order valence-electron chi connectivity index (χ3n) is 4.42. The van der Waals surface area contributed by atoms with Gasteiger partial charge in [0.15, 0.2) is 0 Å². The minimum absolute atomic E-state index is 0.00787. The van der Waals surface area contributed by atoms with E-state index in [0.717, 1.165) is 24.9 Å². The Kier molecular flexibility index (Phi) is 3.70. The molecule has 4 heteroatoms. The van der Waals surface area contributed by atoms with E-state index in [2.05, 4.69) is 13.8 Å². The number of para-hydroxylation sites is 1. The monoisotopic (exact) mass is 286 g/mol. The number of amides is 2. The molecule has 0 saturated carbocycles. The van der Waals surface area contributed by atoms with Crippen molar-refractivity contribution in [1.29, 1.82) is 0 Å². The van der Waals surface area contributed by atoms with Gasteiger partial charge in [-0.15, -0.1) is 0 Å². The summed E-state index contributed by atoms with van der Waals surface area (Å²) in [6.45, 7) is 5.69. The fraction of sp³-hybridized carbons (Fsp3) is 0.529. The van der Waals surface area contributed by atoms with E-state index in [1.165, 1.54) is 0 Å². The van der Waals surface area contributed by atoms with E-state index in [0.29, 0.717) is 24.6 Å². The van der Waals surface area contributed by atoms with Crippen LogP contribution in [-0.4, -0.2) is 35.8 Å². The van der Waals surface area contributed by atoms with Gasteiger partial charge in [0.05, 0.1) is 11.3 Å². The third kappa shape index (κ3) is 2.43. The number of anilines is 1. The zero-order valence-electron chi connectivity index (χ0n) is 12.7. The topological polar surface area (TPSA) is 40.6 Å². The van der Waals surface area contributed by atoms with E-state index in [4.69, 9.17) is 0 Å². The molecule has 0 spiro atoms. The lowest BCUT2D eigenvalue weighted by Crippen LogP contribution is -2.45. The molecule has 112 valence electrons. The standard InChI is InChI=1S/C17H22N2O2/c1-12(2)9-11-19-14-7-4-3-6-13(14)16(20)18-10-5-8-15(18)17(19)21/h3-4,6-7,12,15H,5,8-11H2,1-2H3/t15-/m1/s1. The first-order valence-corrected chi connectivity index (χ1v) is 7.81. The van der Waals surface area contributed by atoms with E-state index >= 15 is 0 Å². The molecule has 2 aliphatic rings. The maximum Gasteiger partial charge on any atom is 0.256 e. The highest BCUT2D eigenvalue weighted by molar-refractivity contribution is 6.11. The summed E-state index contributed by atoms with van der Waals surface area (Å²) in [6, 6.07) is 7.25. The molecule has 1 fully saturated rings. The summed E-state index contributed by atoms with van der Waals surface area (Å²) >= 11 is 0. The van der Waals surface area contributed by atoms with Crippen molar-refractivity contribution in [3.63, 3.8) is 0 Å². The number of carbonyl (C=O) groups is 2. The minimum atomic E-state index is -0.267. The fourth-order valence-corrected chi connectivity index (χ4v) is 3.23. The average Bonchev–Trinajstić information content (AvgIpc) is 2.93. The summed E-state index contributed by atoms with van der Waals surface area (Å²) < 4.78 is 0. The zero-order chi connectivity index (χ0) is 15.0. The normalized spacial score (nSPS) is 21.6. The van der Waals surface area contributed by atoms with Crippen LogP contribution in [0.5, 0.6) is 0 Å². The molecular formula is C17H22N2O2. The van der Waals surface area contributed by atoms with Crippen LogP contribution in [0.2, 0.25) is 0 Å². The van der Waals surface area contributed by atoms with Gasteiger partial charge in [0.2, 0.25) is 5.91 Å². The summed E-state index contributed by atoms with van der Waals surface area (Å²) in [5.41, 5.74) is 1.45. The highest BCUT2D eigenvalue weighted by atomic mass is 16.2. The van der Waals surface area contributed by atoms with Crippen LogP contribution in [0, 0.1) is 5.92 Å². The van der Waals surface area contributed by atoms with Crippen LogP contribution >= 0.6 is 0 Å². The smallest absolute Gasteiger partial charge is 0.256 e. The molecule has 1 atom stereocenters. The van der Waals surface area contributed by atoms with Gasteiger partial charge < -0.3 is 9.80 Å². The highest BCUT2D eigenvalue weighted by Crippen LogP contribution is 2.32. The molecule has 21 heavy (non-hydrogen) atoms. The lowest BCUT2D eigenvalue weighted by Gasteiger charge is -2.26. The largest absolute Gasteiger partial charge is 0.327 e. The molecule has 2 aliphatic heterocycles. The maximum absolute atomic E-state index is 12.9. The number of carbonyl (C=O) groups excluding carboxylic acids is 2. The quantitative estimate of drug-likeness (QED) is 0.857. The molecule has 0 radical (unpaired) electrons. The van der Waals surface area contributed by atoms with Crippen molar-refractivity contribution in [2.24, 2.45) is 5.92 Å². The second kappa shape index (κ2) is 5.51. The fourth-order valence-electron chi connectivity index (χ4n) is 3.23. The summed E-state index contributed by atoms with van der Waals surface area (Å²) in [5, 5.41) is 0. The Morgan fingerprint density at radius 2 is 2.00 bits per heavy atom. The number of hydrogen-bond donors (Lipinski definition) is 0. The Morgan fingerprint density at radius 3 is 2.76 bits per heavy atom. The molecule has 4 nitrogen and oxygen atoms in total. The van der Waals surface area contributed by atoms with Crippen molar-refractivity contribution in [2.75, 3.05) is 18.0 Å². The van der Waals surface area contributed by atoms with Crippen LogP contribution in [0.4, 0.5) is 5.69 Å². The molecule has 3 rings (SSSR count). The molecule has 1 aromatic carbocycles. The molecule has 0 bridgehead atoms. The maximum atomic E-state index is 12.9. The molecule has 0 aliphatic carbocycles. The Hall–Kier alpha value is -1.84. The number of nitrogens with zero attached hydrogens (tertiary/aromatic N) is 2. The van der Waals surface area contributed by atoms with E-state index in [1.807, 2.05) is 29.2 Å². The van der Waals surface area contributed by atoms with Gasteiger partial charge in [0, 0.05) is 13.1 Å². The van der Waals surface area contributed by atoms with E-state index < -0.39 is 0 Å². The predicted molar refractivity (Wildman–Crippen MR) is 82.3 cm³/mol. The molecule has 0 unspecified atom stereocenters. The third-order valence-corrected chi connectivity index (χ3v) is 4.42. The van der Waals surface area contributed by atoms with Crippen molar-refractivity contribution in [1.82, 2.24) is 4.90 Å². The highest BCUT2D eigenvalue weighted by Gasteiger charge is 2.41. The lowest BCUT2D eigenvalue weighted by atomic mass is 10.1. The van der Waals surface area contributed by atoms with Crippen molar-refractivity contribution in [3.05, 3.63) is 29.8 Å². The zero-order valence-corrected chi connectivity index (χ0v) is 12.7. The first kappa shape index (κ1) is 14.1. The van der Waals surface area contributed by atoms with E-state index in [-0.39, 0.29) is 17.9 Å². The molecule has 0 aromatic heterocycles. The van der Waals surface area contributed by atoms with Crippen molar-refractivity contribution in [3.8, 4) is 0 Å². The van der Waals surface area contributed by atoms with Crippen LogP contribution in [0.15, 0.2) is 24.3 Å². The molecule has 1 aromatic rings. The first-order valence-electron chi connectivity index (χ1n) is 7.81. The SMILES string of the molecule is CC(C)CCN1C(=O)[C@H]2CCCN2C(=O)c2ccccc21. The van der Waals surface area contributed by atoms with Crippen molar-refractivity contribution in [2.45, 2.75) is 39.2 Å². The van der Waals surface area contributed by atoms with Gasteiger partial charge in [-0.3, -0.25) is 9.59 Å². The van der Waals surface area contributed by atoms with Gasteiger partial charge in [0.25, 0.3) is 5.91 Å². The molecule has 0 N–H and O–H groups in total. The first-order chi connectivity index (χ1) is 10.1. The number of benzene rings is 1. The van der Waals surface area contributed by atoms with Crippen LogP contribution in [0.1, 0.15) is 43.5 Å². The van der Waals surface area contributed by atoms with Crippen molar-refractivity contribution < 1.29 is 9.59 Å². The van der Waals surface area contributed by atoms with E-state index in [1.54, 1.807) is 4.90 Å². The summed E-state index contributed by atoms with van der Waals surface area (Å²) in [7, 11) is 0. The van der Waals surface area contributed by atoms with Gasteiger partial charge in [-0.2, -0.15) is 0 Å². The van der Waals surface area contributed by atoms with Gasteiger partial charge in [-0.05, 0) is 37.3 Å². The van der Waals surface area contributed by atoms with Gasteiger partial charge in [0.1, 0.15) is 6.04 Å². The molecule has 2 amide bonds. The Morgan fingerprint density at radius 1 is 1.24 bits per heavy atom.